The van der Waals surface area contributed by atoms with E-state index in [4.69, 9.17) is 0 Å². The van der Waals surface area contributed by atoms with Gasteiger partial charge in [-0.1, -0.05) is 0 Å². The number of hydrogen-bond acceptors (Lipinski definition) is 1. The summed E-state index contributed by atoms with van der Waals surface area (Å²) in [6.07, 6.45) is 1.45. The molecule has 0 fully saturated rings. The molecule has 1 heterocycles. The van der Waals surface area contributed by atoms with E-state index < -0.39 is 0 Å². The smallest absolute Gasteiger partial charge is 0.0998 e. The molecule has 2 nitrogen and oxygen atoms in total. The van der Waals surface area contributed by atoms with Crippen molar-refractivity contribution >= 4 is 0 Å². The monoisotopic (exact) mass is 226 g/mol. The van der Waals surface area contributed by atoms with Gasteiger partial charge in [-0.15, -0.1) is 6.07 Å². The van der Waals surface area contributed by atoms with Gasteiger partial charge in [0.15, 0.2) is 0 Å². The van der Waals surface area contributed by atoms with Gasteiger partial charge >= 0.3 is 0 Å². The molecular weight excluding hydrogens is 215 g/mol. The molecule has 0 aliphatic carbocycles. The fourth-order valence-corrected chi connectivity index (χ4v) is 0.465. The summed E-state index contributed by atoms with van der Waals surface area (Å²) in [6.45, 7) is 6.72. The fraction of sp³-hybridized carbons (Fsp3) is 0.250. The molecule has 0 unspecified atom stereocenters. The Morgan fingerprint density at radius 2 is 2.09 bits per heavy atom. The molecule has 1 aromatic rings. The molecule has 0 bridgehead atoms. The van der Waals surface area contributed by atoms with Gasteiger partial charge in [0.1, 0.15) is 0 Å². The molecule has 1 radical (unpaired) electrons. The predicted molar refractivity (Wildman–Crippen MR) is 40.0 cm³/mol. The second-order valence-corrected chi connectivity index (χ2v) is 1.56. The van der Waals surface area contributed by atoms with Crippen molar-refractivity contribution in [3.05, 3.63) is 42.2 Å². The second kappa shape index (κ2) is 8.15. The molecule has 0 saturated heterocycles. The molecule has 0 spiro atoms. The Balaban J connectivity index is 0. The number of aryl methyl sites for hydroxylation is 1. The molecule has 1 aromatic heterocycles. The molecule has 0 amide bonds. The maximum Gasteiger partial charge on any atom is 0.0998 e. The first kappa shape index (κ1) is 13.6. The minimum Gasteiger partial charge on any atom is -0.621 e. The van der Waals surface area contributed by atoms with Gasteiger partial charge in [0.2, 0.25) is 0 Å². The molecule has 0 aliphatic rings. The molecule has 0 saturated carbocycles. The number of pyridine rings is 1. The summed E-state index contributed by atoms with van der Waals surface area (Å²) in [5, 5.41) is 10.5. The van der Waals surface area contributed by atoms with Crippen LogP contribution in [0.4, 0.5) is 0 Å². The molecule has 0 aliphatic heterocycles. The van der Waals surface area contributed by atoms with E-state index >= 15 is 0 Å². The Kier molecular flexibility index (Phi) is 10.1. The van der Waals surface area contributed by atoms with Crippen molar-refractivity contribution in [1.82, 2.24) is 0 Å². The zero-order valence-electron chi connectivity index (χ0n) is 6.87. The molecule has 3 heteroatoms. The second-order valence-electron chi connectivity index (χ2n) is 1.56. The molecule has 11 heavy (non-hydrogen) atoms. The van der Waals surface area contributed by atoms with Crippen LogP contribution in [0.2, 0.25) is 0 Å². The van der Waals surface area contributed by atoms with E-state index in [0.717, 1.165) is 4.73 Å². The molecule has 0 N–H and O–H groups in total. The van der Waals surface area contributed by atoms with Gasteiger partial charge in [0, 0.05) is 39.6 Å². The van der Waals surface area contributed by atoms with Gasteiger partial charge in [-0.05, 0) is 0 Å². The predicted octanol–water partition coefficient (Wildman–Crippen LogP) is 1.27. The summed E-state index contributed by atoms with van der Waals surface area (Å²) in [5.74, 6) is 0. The molecule has 0 aromatic carbocycles. The van der Waals surface area contributed by atoms with Crippen LogP contribution in [0.15, 0.2) is 18.3 Å². The molecule has 0 atom stereocenters. The largest absolute Gasteiger partial charge is 0.621 e. The van der Waals surface area contributed by atoms with Crippen molar-refractivity contribution in [3.8, 4) is 0 Å². The Bertz CT molecular complexity index is 170. The maximum atomic E-state index is 10.5. The molecular formula is C8H11NOY-2. The Morgan fingerprint density at radius 3 is 2.36 bits per heavy atom. The van der Waals surface area contributed by atoms with Gasteiger partial charge in [-0.25, -0.2) is 10.8 Å². The minimum atomic E-state index is 0. The van der Waals surface area contributed by atoms with Crippen molar-refractivity contribution in [3.63, 3.8) is 0 Å². The summed E-state index contributed by atoms with van der Waals surface area (Å²) < 4.78 is 0.778. The zero-order valence-corrected chi connectivity index (χ0v) is 9.71. The quantitative estimate of drug-likeness (QED) is 0.371. The van der Waals surface area contributed by atoms with Crippen LogP contribution in [0, 0.1) is 25.1 Å². The molecule has 1 rings (SSSR count). The van der Waals surface area contributed by atoms with E-state index in [1.54, 1.807) is 26.0 Å². The number of aromatic nitrogens is 1. The number of rotatable bonds is 0. The summed E-state index contributed by atoms with van der Waals surface area (Å²) >= 11 is 0. The van der Waals surface area contributed by atoms with E-state index in [1.807, 2.05) is 0 Å². The van der Waals surface area contributed by atoms with Crippen LogP contribution in [-0.2, 0) is 32.7 Å². The minimum absolute atomic E-state index is 0. The third-order valence-corrected chi connectivity index (χ3v) is 0.940. The van der Waals surface area contributed by atoms with E-state index in [0.29, 0.717) is 5.69 Å². The van der Waals surface area contributed by atoms with Gasteiger partial charge in [0.25, 0.3) is 0 Å². The maximum absolute atomic E-state index is 10.5. The van der Waals surface area contributed by atoms with Crippen LogP contribution in [0.25, 0.3) is 0 Å². The van der Waals surface area contributed by atoms with Gasteiger partial charge < -0.3 is 12.1 Å². The average Bonchev–Trinajstić information content (AvgIpc) is 2.00. The van der Waals surface area contributed by atoms with Crippen LogP contribution in [0.3, 0.4) is 0 Å². The first-order valence-corrected chi connectivity index (χ1v) is 3.08. The fourth-order valence-electron chi connectivity index (χ4n) is 0.465. The van der Waals surface area contributed by atoms with Crippen molar-refractivity contribution in [2.24, 2.45) is 0 Å². The van der Waals surface area contributed by atoms with E-state index in [9.17, 15) is 5.21 Å². The SMILES string of the molecule is Cc1[c-]ccc[n+]1[O-].[CH2-]C.[Y]. The Labute approximate surface area is 93.1 Å². The topological polar surface area (TPSA) is 26.9 Å². The van der Waals surface area contributed by atoms with Gasteiger partial charge in [-0.3, -0.25) is 0 Å². The summed E-state index contributed by atoms with van der Waals surface area (Å²) in [4.78, 5) is 0. The first-order chi connectivity index (χ1) is 4.80. The van der Waals surface area contributed by atoms with Gasteiger partial charge in [0.05, 0.1) is 11.9 Å². The van der Waals surface area contributed by atoms with Crippen LogP contribution in [-0.4, -0.2) is 0 Å². The standard InChI is InChI=1S/C6H6NO.C2H5.Y/c1-6-4-2-3-5-7(6)8;1-2;/h2-3,5H,1H3;1H2,2H3;/q2*-1;. The summed E-state index contributed by atoms with van der Waals surface area (Å²) in [7, 11) is 0. The third kappa shape index (κ3) is 5.34. The average molecular weight is 226 g/mol. The van der Waals surface area contributed by atoms with Crippen LogP contribution in [0.5, 0.6) is 0 Å². The third-order valence-electron chi connectivity index (χ3n) is 0.940. The van der Waals surface area contributed by atoms with Crippen LogP contribution < -0.4 is 4.73 Å². The van der Waals surface area contributed by atoms with Crippen LogP contribution >= 0.6 is 0 Å². The Hall–Kier alpha value is 0.0539. The van der Waals surface area contributed by atoms with E-state index in [2.05, 4.69) is 13.0 Å². The first-order valence-electron chi connectivity index (χ1n) is 3.08. The van der Waals surface area contributed by atoms with Crippen LogP contribution in [0.1, 0.15) is 12.6 Å². The summed E-state index contributed by atoms with van der Waals surface area (Å²) in [6, 6.07) is 6.11. The normalized spacial score (nSPS) is 7.18. The Morgan fingerprint density at radius 1 is 1.55 bits per heavy atom. The van der Waals surface area contributed by atoms with Crippen molar-refractivity contribution in [2.45, 2.75) is 13.8 Å². The van der Waals surface area contributed by atoms with Crippen molar-refractivity contribution < 1.29 is 37.4 Å². The summed E-state index contributed by atoms with van der Waals surface area (Å²) in [5.41, 5.74) is 0.604. The van der Waals surface area contributed by atoms with E-state index in [-0.39, 0.29) is 32.7 Å². The number of nitrogens with zero attached hydrogens (tertiary/aromatic N) is 1. The number of hydrogen-bond donors (Lipinski definition) is 0. The zero-order chi connectivity index (χ0) is 7.98. The van der Waals surface area contributed by atoms with Crippen molar-refractivity contribution in [2.75, 3.05) is 0 Å². The van der Waals surface area contributed by atoms with Gasteiger partial charge in [-0.2, -0.15) is 13.0 Å². The van der Waals surface area contributed by atoms with E-state index in [1.165, 1.54) is 6.20 Å². The van der Waals surface area contributed by atoms with Crippen molar-refractivity contribution in [1.29, 1.82) is 0 Å². The molecule has 59 valence electrons.